The monoisotopic (exact) mass is 513 g/mol. The standard InChI is InChI=1S/C30H31N3O5/c1-21(37-29-4-2-3-17-36-29)30-31-15-16-33(30)19-26-18-28(38-32-26)25-13-9-23(10-14-25)6-5-22-7-11-24(12-8-22)27(35)20-34/h7-16,18,21,27,29,34-35H,2-4,17,19-20H2,1H3. The predicted molar refractivity (Wildman–Crippen MR) is 141 cm³/mol. The van der Waals surface area contributed by atoms with E-state index in [1.165, 1.54) is 0 Å². The van der Waals surface area contributed by atoms with Gasteiger partial charge in [0.1, 0.15) is 23.7 Å². The van der Waals surface area contributed by atoms with E-state index in [4.69, 9.17) is 19.1 Å². The molecule has 1 aliphatic rings. The topological polar surface area (TPSA) is 103 Å². The molecule has 8 nitrogen and oxygen atoms in total. The Bertz CT molecular complexity index is 1380. The maximum Gasteiger partial charge on any atom is 0.167 e. The molecule has 3 unspecified atom stereocenters. The van der Waals surface area contributed by atoms with Crippen LogP contribution >= 0.6 is 0 Å². The van der Waals surface area contributed by atoms with Crippen LogP contribution in [0.1, 0.15) is 66.6 Å². The quantitative estimate of drug-likeness (QED) is 0.332. The molecule has 8 heteroatoms. The van der Waals surface area contributed by atoms with Gasteiger partial charge in [-0.3, -0.25) is 0 Å². The van der Waals surface area contributed by atoms with Crippen LogP contribution in [-0.4, -0.2) is 44.4 Å². The average molecular weight is 514 g/mol. The van der Waals surface area contributed by atoms with E-state index in [2.05, 4.69) is 22.0 Å². The summed E-state index contributed by atoms with van der Waals surface area (Å²) in [5.74, 6) is 7.77. The van der Waals surface area contributed by atoms with Gasteiger partial charge in [0.15, 0.2) is 12.1 Å². The Kier molecular flexibility index (Phi) is 8.31. The first kappa shape index (κ1) is 25.9. The summed E-state index contributed by atoms with van der Waals surface area (Å²) in [7, 11) is 0. The van der Waals surface area contributed by atoms with Crippen molar-refractivity contribution in [2.75, 3.05) is 13.2 Å². The number of ether oxygens (including phenoxy) is 2. The molecule has 1 aliphatic heterocycles. The fourth-order valence-electron chi connectivity index (χ4n) is 4.37. The summed E-state index contributed by atoms with van der Waals surface area (Å²) in [5.41, 5.74) is 4.06. The summed E-state index contributed by atoms with van der Waals surface area (Å²) in [5, 5.41) is 23.0. The average Bonchev–Trinajstić information content (AvgIpc) is 3.63. The van der Waals surface area contributed by atoms with E-state index in [-0.39, 0.29) is 19.0 Å². The number of benzene rings is 2. The van der Waals surface area contributed by atoms with E-state index in [9.17, 15) is 5.11 Å². The van der Waals surface area contributed by atoms with Gasteiger partial charge < -0.3 is 28.8 Å². The molecule has 0 saturated carbocycles. The third kappa shape index (κ3) is 6.39. The van der Waals surface area contributed by atoms with Crippen molar-refractivity contribution in [3.63, 3.8) is 0 Å². The smallest absolute Gasteiger partial charge is 0.167 e. The molecular weight excluding hydrogens is 482 g/mol. The van der Waals surface area contributed by atoms with Gasteiger partial charge in [0.05, 0.1) is 13.2 Å². The molecule has 1 fully saturated rings. The number of hydrogen-bond acceptors (Lipinski definition) is 7. The molecule has 5 rings (SSSR count). The first-order chi connectivity index (χ1) is 18.6. The lowest BCUT2D eigenvalue weighted by Crippen LogP contribution is -2.24. The number of aliphatic hydroxyl groups is 2. The highest BCUT2D eigenvalue weighted by molar-refractivity contribution is 5.59. The third-order valence-electron chi connectivity index (χ3n) is 6.49. The van der Waals surface area contributed by atoms with Crippen molar-refractivity contribution < 1.29 is 24.2 Å². The highest BCUT2D eigenvalue weighted by atomic mass is 16.7. The lowest BCUT2D eigenvalue weighted by Gasteiger charge is -2.26. The molecule has 38 heavy (non-hydrogen) atoms. The predicted octanol–water partition coefficient (Wildman–Crippen LogP) is 4.62. The van der Waals surface area contributed by atoms with E-state index in [1.807, 2.05) is 60.2 Å². The Morgan fingerprint density at radius 3 is 2.50 bits per heavy atom. The number of nitrogens with zero attached hydrogens (tertiary/aromatic N) is 3. The summed E-state index contributed by atoms with van der Waals surface area (Å²) in [4.78, 5) is 4.50. The zero-order valence-corrected chi connectivity index (χ0v) is 21.3. The van der Waals surface area contributed by atoms with Gasteiger partial charge in [0.2, 0.25) is 0 Å². The Morgan fingerprint density at radius 2 is 1.82 bits per heavy atom. The molecule has 196 valence electrons. The molecule has 2 aromatic carbocycles. The molecule has 2 aromatic heterocycles. The number of imidazole rings is 1. The van der Waals surface area contributed by atoms with Crippen molar-refractivity contribution in [1.29, 1.82) is 0 Å². The van der Waals surface area contributed by atoms with Crippen molar-refractivity contribution in [3.8, 4) is 23.2 Å². The maximum absolute atomic E-state index is 9.69. The highest BCUT2D eigenvalue weighted by Gasteiger charge is 2.21. The Labute approximate surface area is 221 Å². The van der Waals surface area contributed by atoms with Crippen LogP contribution in [0.4, 0.5) is 0 Å². The lowest BCUT2D eigenvalue weighted by molar-refractivity contribution is -0.188. The highest BCUT2D eigenvalue weighted by Crippen LogP contribution is 2.25. The van der Waals surface area contributed by atoms with E-state index in [0.29, 0.717) is 17.9 Å². The van der Waals surface area contributed by atoms with E-state index in [0.717, 1.165) is 54.1 Å². The Balaban J connectivity index is 1.21. The molecule has 1 saturated heterocycles. The van der Waals surface area contributed by atoms with Crippen LogP contribution in [0.25, 0.3) is 11.3 Å². The molecule has 0 amide bonds. The molecule has 0 aliphatic carbocycles. The van der Waals surface area contributed by atoms with Gasteiger partial charge in [-0.15, -0.1) is 0 Å². The van der Waals surface area contributed by atoms with E-state index < -0.39 is 6.10 Å². The second-order valence-corrected chi connectivity index (χ2v) is 9.32. The Hall–Kier alpha value is -3.74. The van der Waals surface area contributed by atoms with Gasteiger partial charge in [-0.05, 0) is 68.1 Å². The van der Waals surface area contributed by atoms with Crippen molar-refractivity contribution >= 4 is 0 Å². The second-order valence-electron chi connectivity index (χ2n) is 9.32. The van der Waals surface area contributed by atoms with Gasteiger partial charge in [0.25, 0.3) is 0 Å². The van der Waals surface area contributed by atoms with Crippen LogP contribution in [-0.2, 0) is 16.0 Å². The van der Waals surface area contributed by atoms with Crippen LogP contribution < -0.4 is 0 Å². The summed E-state index contributed by atoms with van der Waals surface area (Å²) in [6.45, 7) is 2.95. The molecule has 4 aromatic rings. The molecule has 0 radical (unpaired) electrons. The van der Waals surface area contributed by atoms with E-state index >= 15 is 0 Å². The maximum atomic E-state index is 9.69. The molecular formula is C30H31N3O5. The summed E-state index contributed by atoms with van der Waals surface area (Å²) >= 11 is 0. The van der Waals surface area contributed by atoms with Gasteiger partial charge >= 0.3 is 0 Å². The zero-order chi connectivity index (χ0) is 26.3. The summed E-state index contributed by atoms with van der Waals surface area (Å²) in [6, 6.07) is 16.9. The van der Waals surface area contributed by atoms with Crippen molar-refractivity contribution in [2.24, 2.45) is 0 Å². The first-order valence-electron chi connectivity index (χ1n) is 12.8. The Morgan fingerprint density at radius 1 is 1.08 bits per heavy atom. The van der Waals surface area contributed by atoms with E-state index in [1.54, 1.807) is 18.3 Å². The fraction of sp³-hybridized carbons (Fsp3) is 0.333. The lowest BCUT2D eigenvalue weighted by atomic mass is 10.1. The third-order valence-corrected chi connectivity index (χ3v) is 6.49. The summed E-state index contributed by atoms with van der Waals surface area (Å²) < 4.78 is 19.4. The SMILES string of the molecule is CC(OC1CCCCO1)c1nccn1Cc1cc(-c2ccc(C#Cc3ccc(C(O)CO)cc3)cc2)on1. The fourth-order valence-corrected chi connectivity index (χ4v) is 4.37. The van der Waals surface area contributed by atoms with Crippen molar-refractivity contribution in [1.82, 2.24) is 14.7 Å². The van der Waals surface area contributed by atoms with Crippen molar-refractivity contribution in [2.45, 2.75) is 51.2 Å². The van der Waals surface area contributed by atoms with Gasteiger partial charge in [-0.1, -0.05) is 29.1 Å². The molecule has 0 spiro atoms. The normalized spacial score (nSPS) is 17.0. The zero-order valence-electron chi connectivity index (χ0n) is 21.3. The summed E-state index contributed by atoms with van der Waals surface area (Å²) in [6.07, 6.45) is 5.55. The van der Waals surface area contributed by atoms with Crippen molar-refractivity contribution in [3.05, 3.63) is 95.2 Å². The minimum atomic E-state index is -0.873. The van der Waals surface area contributed by atoms with Crippen LogP contribution in [0.5, 0.6) is 0 Å². The number of hydrogen-bond donors (Lipinski definition) is 2. The largest absolute Gasteiger partial charge is 0.393 e. The van der Waals surface area contributed by atoms with Crippen LogP contribution in [0.2, 0.25) is 0 Å². The minimum absolute atomic E-state index is 0.179. The number of aromatic nitrogens is 3. The van der Waals surface area contributed by atoms with Gasteiger partial charge in [-0.2, -0.15) is 0 Å². The minimum Gasteiger partial charge on any atom is -0.393 e. The molecule has 0 bridgehead atoms. The van der Waals surface area contributed by atoms with Gasteiger partial charge in [0, 0.05) is 41.8 Å². The van der Waals surface area contributed by atoms with Crippen LogP contribution in [0, 0.1) is 11.8 Å². The van der Waals surface area contributed by atoms with Crippen LogP contribution in [0.3, 0.4) is 0 Å². The second kappa shape index (κ2) is 12.2. The number of aliphatic hydroxyl groups excluding tert-OH is 2. The van der Waals surface area contributed by atoms with Crippen LogP contribution in [0.15, 0.2) is 71.5 Å². The van der Waals surface area contributed by atoms with Gasteiger partial charge in [-0.25, -0.2) is 4.98 Å². The first-order valence-corrected chi connectivity index (χ1v) is 12.8. The molecule has 3 atom stereocenters. The molecule has 3 heterocycles. The molecule has 2 N–H and O–H groups in total. The number of rotatable bonds is 8.